The number of carbonyl (C=O) groups excluding carboxylic acids is 1. The zero-order chi connectivity index (χ0) is 21.5. The van der Waals surface area contributed by atoms with Crippen molar-refractivity contribution < 1.29 is 4.79 Å². The van der Waals surface area contributed by atoms with Crippen LogP contribution in [-0.4, -0.2) is 29.5 Å². The number of anilines is 1. The van der Waals surface area contributed by atoms with Crippen molar-refractivity contribution in [2.45, 2.75) is 38.4 Å². The van der Waals surface area contributed by atoms with Crippen LogP contribution in [0.15, 0.2) is 67.0 Å². The minimum absolute atomic E-state index is 0.00385. The average Bonchev–Trinajstić information content (AvgIpc) is 2.83. The molecule has 0 saturated carbocycles. The zero-order valence-electron chi connectivity index (χ0n) is 17.9. The highest BCUT2D eigenvalue weighted by atomic mass is 16.1. The highest BCUT2D eigenvalue weighted by Gasteiger charge is 2.30. The van der Waals surface area contributed by atoms with Gasteiger partial charge in [-0.15, -0.1) is 0 Å². The number of hydrogen-bond donors (Lipinski definition) is 2. The van der Waals surface area contributed by atoms with Crippen LogP contribution in [0.4, 0.5) is 5.69 Å². The Balaban J connectivity index is 1.57. The second kappa shape index (κ2) is 10.2. The van der Waals surface area contributed by atoms with Gasteiger partial charge in [-0.25, -0.2) is 0 Å². The van der Waals surface area contributed by atoms with Gasteiger partial charge in [0.2, 0.25) is 5.91 Å². The maximum atomic E-state index is 12.3. The number of fused-ring (bicyclic) bond motifs is 1. The largest absolute Gasteiger partial charge is 0.358 e. The second-order valence-electron chi connectivity index (χ2n) is 7.80. The lowest BCUT2D eigenvalue weighted by atomic mass is 9.87. The summed E-state index contributed by atoms with van der Waals surface area (Å²) < 4.78 is 0. The number of aromatic nitrogens is 2. The number of nitrogens with one attached hydrogen (secondary N) is 2. The van der Waals surface area contributed by atoms with Gasteiger partial charge in [0, 0.05) is 38.2 Å². The molecule has 3 aromatic rings. The van der Waals surface area contributed by atoms with Crippen LogP contribution in [0.3, 0.4) is 0 Å². The first-order chi connectivity index (χ1) is 15.3. The number of pyridine rings is 2. The Morgan fingerprint density at radius 2 is 1.87 bits per heavy atom. The van der Waals surface area contributed by atoms with Gasteiger partial charge in [-0.05, 0) is 60.7 Å². The van der Waals surface area contributed by atoms with Gasteiger partial charge in [0.05, 0.1) is 24.0 Å². The molecule has 6 nitrogen and oxygen atoms in total. The minimum Gasteiger partial charge on any atom is -0.358 e. The normalized spacial score (nSPS) is 15.2. The number of rotatable bonds is 8. The maximum Gasteiger partial charge on any atom is 0.239 e. The molecule has 2 aromatic heterocycles. The highest BCUT2D eigenvalue weighted by molar-refractivity contribution is 5.81. The van der Waals surface area contributed by atoms with Crippen molar-refractivity contribution in [2.75, 3.05) is 18.5 Å². The lowest BCUT2D eigenvalue weighted by Gasteiger charge is -2.37. The van der Waals surface area contributed by atoms with E-state index in [-0.39, 0.29) is 11.9 Å². The van der Waals surface area contributed by atoms with Crippen molar-refractivity contribution in [3.05, 3.63) is 89.5 Å². The van der Waals surface area contributed by atoms with Crippen molar-refractivity contribution in [3.63, 3.8) is 0 Å². The summed E-state index contributed by atoms with van der Waals surface area (Å²) >= 11 is 0. The van der Waals surface area contributed by atoms with Crippen molar-refractivity contribution in [3.8, 4) is 0 Å². The first-order valence-corrected chi connectivity index (χ1v) is 10.9. The van der Waals surface area contributed by atoms with Crippen LogP contribution in [0.5, 0.6) is 0 Å². The Labute approximate surface area is 183 Å². The standard InChI is InChI=1S/C25H29N5O/c1-26-24(31)18-30(21-9-3-2-4-10-21)23-12-7-11-22-19(13-15-29-25(22)23)16-27-17-20-8-5-6-14-28-20/h2-6,8-10,13-15,23,27H,7,11-12,16-18H2,1H3,(H,26,31). The summed E-state index contributed by atoms with van der Waals surface area (Å²) in [4.78, 5) is 23.7. The Bertz CT molecular complexity index is 993. The van der Waals surface area contributed by atoms with Gasteiger partial charge in [0.15, 0.2) is 0 Å². The summed E-state index contributed by atoms with van der Waals surface area (Å²) in [5.41, 5.74) is 5.76. The topological polar surface area (TPSA) is 70.2 Å². The molecule has 0 aliphatic heterocycles. The molecule has 1 aliphatic rings. The molecule has 1 atom stereocenters. The first-order valence-electron chi connectivity index (χ1n) is 10.9. The molecular formula is C25H29N5O. The fourth-order valence-corrected chi connectivity index (χ4v) is 4.27. The van der Waals surface area contributed by atoms with Gasteiger partial charge in [-0.2, -0.15) is 0 Å². The van der Waals surface area contributed by atoms with Crippen LogP contribution in [0.1, 0.15) is 41.4 Å². The predicted octanol–water partition coefficient (Wildman–Crippen LogP) is 3.40. The van der Waals surface area contributed by atoms with E-state index in [4.69, 9.17) is 4.98 Å². The van der Waals surface area contributed by atoms with E-state index in [0.29, 0.717) is 6.54 Å². The summed E-state index contributed by atoms with van der Waals surface area (Å²) in [6.45, 7) is 1.82. The van der Waals surface area contributed by atoms with E-state index < -0.39 is 0 Å². The van der Waals surface area contributed by atoms with Gasteiger partial charge in [-0.3, -0.25) is 14.8 Å². The molecule has 0 spiro atoms. The average molecular weight is 416 g/mol. The van der Waals surface area contributed by atoms with Gasteiger partial charge >= 0.3 is 0 Å². The molecule has 6 heteroatoms. The second-order valence-corrected chi connectivity index (χ2v) is 7.80. The van der Waals surface area contributed by atoms with E-state index in [1.165, 1.54) is 11.1 Å². The SMILES string of the molecule is CNC(=O)CN(c1ccccc1)C1CCCc2c(CNCc3ccccn3)ccnc21. The van der Waals surface area contributed by atoms with E-state index in [0.717, 1.165) is 49.4 Å². The number of para-hydroxylation sites is 1. The van der Waals surface area contributed by atoms with Crippen LogP contribution in [0, 0.1) is 0 Å². The minimum atomic E-state index is 0.00385. The molecule has 0 saturated heterocycles. The molecule has 0 bridgehead atoms. The number of amides is 1. The number of benzene rings is 1. The van der Waals surface area contributed by atoms with Crippen LogP contribution < -0.4 is 15.5 Å². The molecule has 31 heavy (non-hydrogen) atoms. The molecule has 1 aliphatic carbocycles. The zero-order valence-corrected chi connectivity index (χ0v) is 17.9. The molecular weight excluding hydrogens is 386 g/mol. The van der Waals surface area contributed by atoms with E-state index >= 15 is 0 Å². The summed E-state index contributed by atoms with van der Waals surface area (Å²) in [5, 5.41) is 6.28. The van der Waals surface area contributed by atoms with Crippen molar-refractivity contribution in [1.82, 2.24) is 20.6 Å². The van der Waals surface area contributed by atoms with Crippen molar-refractivity contribution >= 4 is 11.6 Å². The monoisotopic (exact) mass is 415 g/mol. The third-order valence-electron chi connectivity index (χ3n) is 5.81. The Kier molecular flexibility index (Phi) is 6.89. The van der Waals surface area contributed by atoms with Crippen molar-refractivity contribution in [2.24, 2.45) is 0 Å². The number of nitrogens with zero attached hydrogens (tertiary/aromatic N) is 3. The molecule has 1 aromatic carbocycles. The molecule has 160 valence electrons. The first kappa shape index (κ1) is 21.0. The maximum absolute atomic E-state index is 12.3. The third kappa shape index (κ3) is 5.09. The lowest BCUT2D eigenvalue weighted by molar-refractivity contribution is -0.119. The van der Waals surface area contributed by atoms with Crippen LogP contribution in [0.2, 0.25) is 0 Å². The third-order valence-corrected chi connectivity index (χ3v) is 5.81. The quantitative estimate of drug-likeness (QED) is 0.590. The smallest absolute Gasteiger partial charge is 0.239 e. The molecule has 0 fully saturated rings. The molecule has 2 heterocycles. The van der Waals surface area contributed by atoms with E-state index in [2.05, 4.69) is 38.7 Å². The van der Waals surface area contributed by atoms with Gasteiger partial charge < -0.3 is 15.5 Å². The molecule has 1 amide bonds. The number of hydrogen-bond acceptors (Lipinski definition) is 5. The summed E-state index contributed by atoms with van der Waals surface area (Å²) in [6, 6.07) is 18.3. The molecule has 4 rings (SSSR count). The van der Waals surface area contributed by atoms with Crippen LogP contribution in [0.25, 0.3) is 0 Å². The van der Waals surface area contributed by atoms with Gasteiger partial charge in [0.1, 0.15) is 0 Å². The van der Waals surface area contributed by atoms with Crippen molar-refractivity contribution in [1.29, 1.82) is 0 Å². The Morgan fingerprint density at radius 3 is 2.65 bits per heavy atom. The summed E-state index contributed by atoms with van der Waals surface area (Å²) in [7, 11) is 1.68. The number of likely N-dealkylation sites (N-methyl/N-ethyl adjacent to an activating group) is 1. The molecule has 2 N–H and O–H groups in total. The number of carbonyl (C=O) groups is 1. The summed E-state index contributed by atoms with van der Waals surface area (Å²) in [5.74, 6) is 0.00385. The van der Waals surface area contributed by atoms with Gasteiger partial charge in [0.25, 0.3) is 0 Å². The fourth-order valence-electron chi connectivity index (χ4n) is 4.27. The van der Waals surface area contributed by atoms with Crippen LogP contribution >= 0.6 is 0 Å². The summed E-state index contributed by atoms with van der Waals surface area (Å²) in [6.07, 6.45) is 6.80. The van der Waals surface area contributed by atoms with E-state index in [1.54, 1.807) is 7.05 Å². The highest BCUT2D eigenvalue weighted by Crippen LogP contribution is 2.37. The fraction of sp³-hybridized carbons (Fsp3) is 0.320. The van der Waals surface area contributed by atoms with E-state index in [1.807, 2.05) is 48.8 Å². The van der Waals surface area contributed by atoms with Gasteiger partial charge in [-0.1, -0.05) is 24.3 Å². The van der Waals surface area contributed by atoms with E-state index in [9.17, 15) is 4.79 Å². The Hall–Kier alpha value is -3.25. The Morgan fingerprint density at radius 1 is 1.03 bits per heavy atom. The molecule has 0 radical (unpaired) electrons. The lowest BCUT2D eigenvalue weighted by Crippen LogP contribution is -2.40. The van der Waals surface area contributed by atoms with Crippen LogP contribution in [-0.2, 0) is 24.3 Å². The predicted molar refractivity (Wildman–Crippen MR) is 123 cm³/mol. The molecule has 1 unspecified atom stereocenters.